The number of allylic oxidation sites excluding steroid dienone is 1. The van der Waals surface area contributed by atoms with Crippen LogP contribution in [0.5, 0.6) is 5.88 Å². The molecule has 0 bridgehead atoms. The van der Waals surface area contributed by atoms with Gasteiger partial charge in [0.15, 0.2) is 0 Å². The molecule has 1 atom stereocenters. The Morgan fingerprint density at radius 3 is 2.66 bits per heavy atom. The van der Waals surface area contributed by atoms with Gasteiger partial charge < -0.3 is 15.0 Å². The standard InChI is InChI=1S/C30H27ClN6O/c1-37-19-33-18-27(37)28(26-6-3-4-14-35-26)21-9-12-25-23(17-21)29(31)24(30(36-25)38-2)16-20-7-10-22(11-8-20)34-15-5-13-32/h3-15,17-19,28H,16,32H2,1-2H3. The first-order valence-electron chi connectivity index (χ1n) is 12.1. The van der Waals surface area contributed by atoms with Crippen molar-refractivity contribution in [3.8, 4) is 5.88 Å². The van der Waals surface area contributed by atoms with E-state index in [1.54, 1.807) is 25.7 Å². The van der Waals surface area contributed by atoms with Crippen molar-refractivity contribution in [2.75, 3.05) is 7.11 Å². The average Bonchev–Trinajstić information content (AvgIpc) is 3.37. The largest absolute Gasteiger partial charge is 0.481 e. The van der Waals surface area contributed by atoms with Gasteiger partial charge in [-0.2, -0.15) is 0 Å². The summed E-state index contributed by atoms with van der Waals surface area (Å²) in [5.41, 5.74) is 11.9. The Labute approximate surface area is 226 Å². The number of nitrogens with zero attached hydrogens (tertiary/aromatic N) is 5. The van der Waals surface area contributed by atoms with Gasteiger partial charge in [0.2, 0.25) is 5.88 Å². The fraction of sp³-hybridized carbons (Fsp3) is 0.133. The van der Waals surface area contributed by atoms with E-state index in [0.717, 1.165) is 44.7 Å². The zero-order chi connectivity index (χ0) is 26.5. The molecule has 0 saturated heterocycles. The van der Waals surface area contributed by atoms with Crippen molar-refractivity contribution in [2.24, 2.45) is 17.8 Å². The lowest BCUT2D eigenvalue weighted by Gasteiger charge is -2.19. The number of rotatable bonds is 8. The number of nitrogens with two attached hydrogens (primary N) is 1. The highest BCUT2D eigenvalue weighted by atomic mass is 35.5. The Hall–Kier alpha value is -4.49. The van der Waals surface area contributed by atoms with Gasteiger partial charge in [-0.3, -0.25) is 9.98 Å². The minimum Gasteiger partial charge on any atom is -0.481 e. The van der Waals surface area contributed by atoms with Gasteiger partial charge in [0.05, 0.1) is 47.0 Å². The maximum atomic E-state index is 7.07. The molecule has 7 nitrogen and oxygen atoms in total. The van der Waals surface area contributed by atoms with Gasteiger partial charge in [-0.05, 0) is 59.8 Å². The molecule has 3 heterocycles. The Morgan fingerprint density at radius 1 is 1.13 bits per heavy atom. The molecule has 0 saturated carbocycles. The predicted octanol–water partition coefficient (Wildman–Crippen LogP) is 5.97. The summed E-state index contributed by atoms with van der Waals surface area (Å²) in [6.07, 6.45) is 10.8. The number of benzene rings is 2. The number of ether oxygens (including phenoxy) is 1. The van der Waals surface area contributed by atoms with Crippen LogP contribution in [0.15, 0.2) is 96.7 Å². The maximum absolute atomic E-state index is 7.07. The highest BCUT2D eigenvalue weighted by Gasteiger charge is 2.23. The fourth-order valence-corrected chi connectivity index (χ4v) is 4.83. The minimum atomic E-state index is -0.114. The van der Waals surface area contributed by atoms with Crippen LogP contribution in [-0.2, 0) is 13.5 Å². The van der Waals surface area contributed by atoms with Crippen molar-refractivity contribution in [2.45, 2.75) is 12.3 Å². The molecular formula is C30H27ClN6O. The van der Waals surface area contributed by atoms with Crippen molar-refractivity contribution in [1.29, 1.82) is 0 Å². The van der Waals surface area contributed by atoms with Gasteiger partial charge in [0.1, 0.15) is 0 Å². The number of aliphatic imine (C=N–C) groups is 1. The molecule has 38 heavy (non-hydrogen) atoms. The minimum absolute atomic E-state index is 0.114. The summed E-state index contributed by atoms with van der Waals surface area (Å²) in [5, 5.41) is 1.48. The molecule has 0 fully saturated rings. The van der Waals surface area contributed by atoms with E-state index < -0.39 is 0 Å². The molecule has 5 rings (SSSR count). The quantitative estimate of drug-likeness (QED) is 0.253. The van der Waals surface area contributed by atoms with Gasteiger partial charge >= 0.3 is 0 Å². The highest BCUT2D eigenvalue weighted by Crippen LogP contribution is 2.38. The number of halogens is 1. The first kappa shape index (κ1) is 25.2. The molecule has 0 radical (unpaired) electrons. The van der Waals surface area contributed by atoms with Gasteiger partial charge in [0, 0.05) is 43.0 Å². The lowest BCUT2D eigenvalue weighted by atomic mass is 9.90. The van der Waals surface area contributed by atoms with Crippen molar-refractivity contribution < 1.29 is 4.74 Å². The van der Waals surface area contributed by atoms with Gasteiger partial charge in [0.25, 0.3) is 0 Å². The van der Waals surface area contributed by atoms with Crippen molar-refractivity contribution in [3.63, 3.8) is 0 Å². The van der Waals surface area contributed by atoms with Crippen LogP contribution in [0.3, 0.4) is 0 Å². The first-order chi connectivity index (χ1) is 18.6. The zero-order valence-electron chi connectivity index (χ0n) is 21.1. The van der Waals surface area contributed by atoms with Crippen LogP contribution in [0, 0.1) is 0 Å². The van der Waals surface area contributed by atoms with E-state index in [0.29, 0.717) is 17.3 Å². The second kappa shape index (κ2) is 11.3. The van der Waals surface area contributed by atoms with E-state index in [1.807, 2.05) is 72.5 Å². The van der Waals surface area contributed by atoms with E-state index in [4.69, 9.17) is 27.1 Å². The number of methoxy groups -OCH3 is 1. The van der Waals surface area contributed by atoms with Crippen molar-refractivity contribution in [1.82, 2.24) is 19.5 Å². The summed E-state index contributed by atoms with van der Waals surface area (Å²) in [7, 11) is 3.60. The van der Waals surface area contributed by atoms with E-state index in [9.17, 15) is 0 Å². The molecule has 0 amide bonds. The second-order valence-corrected chi connectivity index (χ2v) is 9.19. The van der Waals surface area contributed by atoms with Crippen LogP contribution in [-0.4, -0.2) is 32.8 Å². The molecular weight excluding hydrogens is 496 g/mol. The lowest BCUT2D eigenvalue weighted by molar-refractivity contribution is 0.395. The average molecular weight is 523 g/mol. The molecule has 0 spiro atoms. The topological polar surface area (TPSA) is 91.2 Å². The fourth-order valence-electron chi connectivity index (χ4n) is 4.53. The smallest absolute Gasteiger partial charge is 0.218 e. The van der Waals surface area contributed by atoms with Crippen LogP contribution >= 0.6 is 11.6 Å². The summed E-state index contributed by atoms with van der Waals surface area (Å²) in [6, 6.07) is 20.0. The lowest BCUT2D eigenvalue weighted by Crippen LogP contribution is -2.09. The van der Waals surface area contributed by atoms with Crippen LogP contribution in [0.1, 0.15) is 34.0 Å². The maximum Gasteiger partial charge on any atom is 0.218 e. The molecule has 0 aliphatic rings. The molecule has 1 unspecified atom stereocenters. The van der Waals surface area contributed by atoms with Crippen molar-refractivity contribution >= 4 is 34.4 Å². The Bertz CT molecular complexity index is 1610. The van der Waals surface area contributed by atoms with Crippen LogP contribution < -0.4 is 10.5 Å². The Kier molecular flexibility index (Phi) is 7.47. The summed E-state index contributed by atoms with van der Waals surface area (Å²) < 4.78 is 7.67. The molecule has 0 aliphatic heterocycles. The Morgan fingerprint density at radius 2 is 1.97 bits per heavy atom. The van der Waals surface area contributed by atoms with E-state index in [2.05, 4.69) is 27.1 Å². The van der Waals surface area contributed by atoms with E-state index in [-0.39, 0.29) is 5.92 Å². The number of aromatic nitrogens is 4. The molecule has 2 N–H and O–H groups in total. The summed E-state index contributed by atoms with van der Waals surface area (Å²) >= 11 is 7.07. The molecule has 8 heteroatoms. The summed E-state index contributed by atoms with van der Waals surface area (Å²) in [4.78, 5) is 18.1. The number of hydrogen-bond acceptors (Lipinski definition) is 6. The molecule has 3 aromatic heterocycles. The van der Waals surface area contributed by atoms with Gasteiger partial charge in [-0.1, -0.05) is 35.9 Å². The third kappa shape index (κ3) is 5.14. The summed E-state index contributed by atoms with van der Waals surface area (Å²) in [5.74, 6) is 0.398. The summed E-state index contributed by atoms with van der Waals surface area (Å²) in [6.45, 7) is 0. The highest BCUT2D eigenvalue weighted by molar-refractivity contribution is 6.36. The molecule has 0 aliphatic carbocycles. The van der Waals surface area contributed by atoms with Crippen LogP contribution in [0.4, 0.5) is 5.69 Å². The van der Waals surface area contributed by atoms with E-state index >= 15 is 0 Å². The molecule has 5 aromatic rings. The van der Waals surface area contributed by atoms with Crippen LogP contribution in [0.25, 0.3) is 10.9 Å². The zero-order valence-corrected chi connectivity index (χ0v) is 21.9. The first-order valence-corrected chi connectivity index (χ1v) is 12.5. The SMILES string of the molecule is COc1nc2ccc(C(c3ccccn3)c3cncn3C)cc2c(Cl)c1Cc1ccc(N=CC=CN)cc1. The monoisotopic (exact) mass is 522 g/mol. The second-order valence-electron chi connectivity index (χ2n) is 8.81. The third-order valence-corrected chi connectivity index (χ3v) is 6.83. The number of aryl methyl sites for hydroxylation is 1. The third-order valence-electron chi connectivity index (χ3n) is 6.40. The van der Waals surface area contributed by atoms with Crippen LogP contribution in [0.2, 0.25) is 5.02 Å². The van der Waals surface area contributed by atoms with E-state index in [1.165, 1.54) is 6.20 Å². The molecule has 2 aromatic carbocycles. The predicted molar refractivity (Wildman–Crippen MR) is 152 cm³/mol. The number of pyridine rings is 2. The van der Waals surface area contributed by atoms with Crippen molar-refractivity contribution in [3.05, 3.63) is 125 Å². The number of imidazole rings is 1. The number of fused-ring (bicyclic) bond motifs is 1. The number of hydrogen-bond donors (Lipinski definition) is 1. The van der Waals surface area contributed by atoms with Gasteiger partial charge in [-0.25, -0.2) is 9.97 Å². The Balaban J connectivity index is 1.57. The normalized spacial score (nSPS) is 12.5. The molecule has 190 valence electrons. The van der Waals surface area contributed by atoms with Gasteiger partial charge in [-0.15, -0.1) is 0 Å².